The number of hydrazone groups is 1. The molecule has 1 aliphatic heterocycles. The molecular formula is C23H26FN3O4. The van der Waals surface area contributed by atoms with Gasteiger partial charge in [-0.2, -0.15) is 5.10 Å². The van der Waals surface area contributed by atoms with Crippen LogP contribution in [0.15, 0.2) is 47.6 Å². The third-order valence-electron chi connectivity index (χ3n) is 5.09. The Balaban J connectivity index is 1.87. The summed E-state index contributed by atoms with van der Waals surface area (Å²) >= 11 is 0. The van der Waals surface area contributed by atoms with Crippen molar-refractivity contribution in [2.24, 2.45) is 11.0 Å². The minimum atomic E-state index is -0.947. The van der Waals surface area contributed by atoms with Crippen LogP contribution in [0.3, 0.4) is 0 Å². The van der Waals surface area contributed by atoms with E-state index in [0.29, 0.717) is 30.2 Å². The molecule has 2 amide bonds. The van der Waals surface area contributed by atoms with Gasteiger partial charge in [-0.1, -0.05) is 19.1 Å². The van der Waals surface area contributed by atoms with E-state index in [4.69, 9.17) is 9.47 Å². The molecule has 0 radical (unpaired) electrons. The molecule has 3 rings (SSSR count). The van der Waals surface area contributed by atoms with E-state index in [1.165, 1.54) is 19.0 Å². The normalized spacial score (nSPS) is 16.0. The van der Waals surface area contributed by atoms with Crippen molar-refractivity contribution >= 4 is 23.2 Å². The number of rotatable bonds is 8. The second-order valence-corrected chi connectivity index (χ2v) is 7.24. The van der Waals surface area contributed by atoms with Gasteiger partial charge in [-0.15, -0.1) is 0 Å². The molecule has 31 heavy (non-hydrogen) atoms. The van der Waals surface area contributed by atoms with Crippen molar-refractivity contribution in [3.8, 4) is 11.5 Å². The maximum atomic E-state index is 12.7. The van der Waals surface area contributed by atoms with E-state index in [-0.39, 0.29) is 17.7 Å². The number of carbonyl (C=O) groups excluding carboxylic acids is 2. The van der Waals surface area contributed by atoms with E-state index in [9.17, 15) is 14.0 Å². The molecule has 8 heteroatoms. The van der Waals surface area contributed by atoms with Crippen molar-refractivity contribution in [2.45, 2.75) is 33.2 Å². The minimum absolute atomic E-state index is 0.0245. The lowest BCUT2D eigenvalue weighted by Crippen LogP contribution is -2.36. The van der Waals surface area contributed by atoms with Gasteiger partial charge < -0.3 is 14.8 Å². The monoisotopic (exact) mass is 427 g/mol. The van der Waals surface area contributed by atoms with E-state index in [1.54, 1.807) is 30.3 Å². The lowest BCUT2D eigenvalue weighted by Gasteiger charge is -2.29. The summed E-state index contributed by atoms with van der Waals surface area (Å²) in [5, 5.41) is 8.85. The first-order chi connectivity index (χ1) is 14.9. The molecule has 0 saturated heterocycles. The van der Waals surface area contributed by atoms with Crippen molar-refractivity contribution in [1.82, 2.24) is 5.01 Å². The lowest BCUT2D eigenvalue weighted by atomic mass is 9.89. The van der Waals surface area contributed by atoms with Crippen LogP contribution in [0.2, 0.25) is 0 Å². The molecule has 1 aliphatic rings. The Kier molecular flexibility index (Phi) is 7.23. The highest BCUT2D eigenvalue weighted by atomic mass is 19.1. The van der Waals surface area contributed by atoms with E-state index < -0.39 is 6.86 Å². The van der Waals surface area contributed by atoms with Gasteiger partial charge in [0.2, 0.25) is 18.7 Å². The van der Waals surface area contributed by atoms with Crippen molar-refractivity contribution in [2.75, 3.05) is 19.3 Å². The number of halogens is 1. The summed E-state index contributed by atoms with van der Waals surface area (Å²) in [5.74, 6) is 0.502. The third-order valence-corrected chi connectivity index (χ3v) is 5.09. The topological polar surface area (TPSA) is 80.2 Å². The van der Waals surface area contributed by atoms with Gasteiger partial charge in [0.1, 0.15) is 0 Å². The summed E-state index contributed by atoms with van der Waals surface area (Å²) in [6.45, 7) is 2.84. The summed E-state index contributed by atoms with van der Waals surface area (Å²) in [7, 11) is 1.49. The quantitative estimate of drug-likeness (QED) is 0.687. The SMILES string of the molecule is CCC1CC(=O)N(Cc2ccc(NC(C)=O)cc2)N=C1c1ccc(OCF)c(OC)c1. The average Bonchev–Trinajstić information content (AvgIpc) is 2.76. The molecule has 1 heterocycles. The van der Waals surface area contributed by atoms with Crippen molar-refractivity contribution in [1.29, 1.82) is 0 Å². The van der Waals surface area contributed by atoms with Gasteiger partial charge in [-0.25, -0.2) is 9.40 Å². The van der Waals surface area contributed by atoms with E-state index >= 15 is 0 Å². The van der Waals surface area contributed by atoms with Crippen LogP contribution in [0.1, 0.15) is 37.8 Å². The second-order valence-electron chi connectivity index (χ2n) is 7.24. The molecule has 1 N–H and O–H groups in total. The van der Waals surface area contributed by atoms with Gasteiger partial charge in [0.05, 0.1) is 19.4 Å². The van der Waals surface area contributed by atoms with Crippen LogP contribution in [-0.4, -0.2) is 36.5 Å². The van der Waals surface area contributed by atoms with Crippen LogP contribution in [0, 0.1) is 5.92 Å². The van der Waals surface area contributed by atoms with Gasteiger partial charge >= 0.3 is 0 Å². The highest BCUT2D eigenvalue weighted by molar-refractivity contribution is 6.06. The summed E-state index contributed by atoms with van der Waals surface area (Å²) in [5.41, 5.74) is 3.17. The van der Waals surface area contributed by atoms with Crippen LogP contribution in [0.4, 0.5) is 10.1 Å². The predicted octanol–water partition coefficient (Wildman–Crippen LogP) is 4.12. The first-order valence-electron chi connectivity index (χ1n) is 10.1. The number of hydrogen-bond acceptors (Lipinski definition) is 5. The summed E-state index contributed by atoms with van der Waals surface area (Å²) < 4.78 is 22.9. The zero-order chi connectivity index (χ0) is 22.4. The second kappa shape index (κ2) is 10.1. The molecule has 1 unspecified atom stereocenters. The molecular weight excluding hydrogens is 401 g/mol. The molecule has 2 aromatic carbocycles. The number of hydrogen-bond donors (Lipinski definition) is 1. The molecule has 164 valence electrons. The number of amides is 2. The van der Waals surface area contributed by atoms with Gasteiger partial charge in [0.25, 0.3) is 0 Å². The number of ether oxygens (including phenoxy) is 2. The highest BCUT2D eigenvalue weighted by Crippen LogP contribution is 2.32. The minimum Gasteiger partial charge on any atom is -0.493 e. The third kappa shape index (κ3) is 5.39. The van der Waals surface area contributed by atoms with E-state index in [1.807, 2.05) is 19.1 Å². The Morgan fingerprint density at radius 2 is 1.97 bits per heavy atom. The lowest BCUT2D eigenvalue weighted by molar-refractivity contribution is -0.133. The van der Waals surface area contributed by atoms with Crippen LogP contribution in [-0.2, 0) is 16.1 Å². The van der Waals surface area contributed by atoms with Crippen LogP contribution < -0.4 is 14.8 Å². The number of benzene rings is 2. The Morgan fingerprint density at radius 1 is 1.23 bits per heavy atom. The number of nitrogens with zero attached hydrogens (tertiary/aromatic N) is 2. The molecule has 0 spiro atoms. The summed E-state index contributed by atoms with van der Waals surface area (Å²) in [6, 6.07) is 12.5. The smallest absolute Gasteiger partial charge is 0.243 e. The number of carbonyl (C=O) groups is 2. The Labute approximate surface area is 180 Å². The van der Waals surface area contributed by atoms with E-state index in [0.717, 1.165) is 23.3 Å². The maximum absolute atomic E-state index is 12.7. The van der Waals surface area contributed by atoms with Gasteiger partial charge in [-0.3, -0.25) is 9.59 Å². The highest BCUT2D eigenvalue weighted by Gasteiger charge is 2.29. The molecule has 0 aliphatic carbocycles. The summed E-state index contributed by atoms with van der Waals surface area (Å²) in [4.78, 5) is 23.9. The molecule has 0 bridgehead atoms. The van der Waals surface area contributed by atoms with Crippen LogP contribution in [0.25, 0.3) is 0 Å². The van der Waals surface area contributed by atoms with E-state index in [2.05, 4.69) is 10.4 Å². The molecule has 0 aromatic heterocycles. The number of alkyl halides is 1. The first kappa shape index (κ1) is 22.3. The zero-order valence-electron chi connectivity index (χ0n) is 17.9. The van der Waals surface area contributed by atoms with Crippen molar-refractivity contribution in [3.63, 3.8) is 0 Å². The largest absolute Gasteiger partial charge is 0.493 e. The standard InChI is InChI=1S/C23H26FN3O4/c1-4-17-12-22(29)27(13-16-5-8-19(9-6-16)25-15(2)28)26-23(17)18-7-10-20(31-14-24)21(11-18)30-3/h5-11,17H,4,12-14H2,1-3H3,(H,25,28). The van der Waals surface area contributed by atoms with Gasteiger partial charge in [-0.05, 0) is 42.3 Å². The fourth-order valence-electron chi connectivity index (χ4n) is 3.51. The molecule has 2 aromatic rings. The Bertz CT molecular complexity index is 975. The first-order valence-corrected chi connectivity index (χ1v) is 10.1. The summed E-state index contributed by atoms with van der Waals surface area (Å²) in [6.07, 6.45) is 1.11. The van der Waals surface area contributed by atoms with Gasteiger partial charge in [0.15, 0.2) is 11.5 Å². The molecule has 7 nitrogen and oxygen atoms in total. The zero-order valence-corrected chi connectivity index (χ0v) is 17.9. The van der Waals surface area contributed by atoms with Gasteiger partial charge in [0, 0.05) is 30.5 Å². The van der Waals surface area contributed by atoms with Crippen molar-refractivity contribution < 1.29 is 23.5 Å². The number of anilines is 1. The molecule has 0 fully saturated rings. The van der Waals surface area contributed by atoms with Crippen molar-refractivity contribution in [3.05, 3.63) is 53.6 Å². The number of methoxy groups -OCH3 is 1. The molecule has 1 atom stereocenters. The Morgan fingerprint density at radius 3 is 2.58 bits per heavy atom. The average molecular weight is 427 g/mol. The van der Waals surface area contributed by atoms with Crippen LogP contribution in [0.5, 0.6) is 11.5 Å². The maximum Gasteiger partial charge on any atom is 0.243 e. The number of nitrogens with one attached hydrogen (secondary N) is 1. The Hall–Kier alpha value is -3.42. The molecule has 0 saturated carbocycles. The fraction of sp³-hybridized carbons (Fsp3) is 0.348. The van der Waals surface area contributed by atoms with Crippen LogP contribution >= 0.6 is 0 Å². The predicted molar refractivity (Wildman–Crippen MR) is 116 cm³/mol. The fourth-order valence-corrected chi connectivity index (χ4v) is 3.51.